The first-order valence-corrected chi connectivity index (χ1v) is 8.98. The molecule has 3 aromatic rings. The fourth-order valence-corrected chi connectivity index (χ4v) is 3.37. The predicted octanol–water partition coefficient (Wildman–Crippen LogP) is 5.26. The van der Waals surface area contributed by atoms with Gasteiger partial charge in [0, 0.05) is 11.3 Å². The Kier molecular flexibility index (Phi) is 4.06. The first kappa shape index (κ1) is 17.4. The van der Waals surface area contributed by atoms with Gasteiger partial charge in [0.25, 0.3) is 0 Å². The third-order valence-corrected chi connectivity index (χ3v) is 4.85. The van der Waals surface area contributed by atoms with Crippen LogP contribution in [0.2, 0.25) is 0 Å². The monoisotopic (exact) mass is 362 g/mol. The molecule has 1 aliphatic rings. The maximum absolute atomic E-state index is 12.8. The largest absolute Gasteiger partial charge is 0.497 e. The zero-order chi connectivity index (χ0) is 19.2. The van der Waals surface area contributed by atoms with E-state index in [1.165, 1.54) is 0 Å². The van der Waals surface area contributed by atoms with Gasteiger partial charge in [0.05, 0.1) is 18.1 Å². The van der Waals surface area contributed by atoms with Gasteiger partial charge < -0.3 is 13.9 Å². The van der Waals surface area contributed by atoms with Crippen LogP contribution in [0.25, 0.3) is 11.0 Å². The molecule has 1 aliphatic heterocycles. The second kappa shape index (κ2) is 6.31. The fraction of sp³-hybridized carbons (Fsp3) is 0.261. The van der Waals surface area contributed by atoms with Crippen molar-refractivity contribution in [2.45, 2.75) is 26.7 Å². The highest BCUT2D eigenvalue weighted by molar-refractivity contribution is 5.85. The highest BCUT2D eigenvalue weighted by Crippen LogP contribution is 2.44. The number of benzene rings is 2. The number of ether oxygens (including phenoxy) is 2. The Bertz CT molecular complexity index is 1080. The van der Waals surface area contributed by atoms with Gasteiger partial charge in [0.2, 0.25) is 0 Å². The van der Waals surface area contributed by atoms with Gasteiger partial charge in [0.1, 0.15) is 22.8 Å². The summed E-state index contributed by atoms with van der Waals surface area (Å²) in [5.74, 6) is 1.97. The maximum Gasteiger partial charge on any atom is 0.344 e. The van der Waals surface area contributed by atoms with Crippen molar-refractivity contribution in [2.24, 2.45) is 5.41 Å². The lowest BCUT2D eigenvalue weighted by Gasteiger charge is -2.31. The summed E-state index contributed by atoms with van der Waals surface area (Å²) < 4.78 is 17.1. The van der Waals surface area contributed by atoms with Crippen LogP contribution in [-0.4, -0.2) is 7.11 Å². The summed E-state index contributed by atoms with van der Waals surface area (Å²) >= 11 is 0. The molecule has 0 N–H and O–H groups in total. The molecule has 2 heterocycles. The zero-order valence-corrected chi connectivity index (χ0v) is 15.9. The summed E-state index contributed by atoms with van der Waals surface area (Å²) in [5.41, 5.74) is 1.50. The van der Waals surface area contributed by atoms with Crippen molar-refractivity contribution in [1.29, 1.82) is 0 Å². The minimum Gasteiger partial charge on any atom is -0.497 e. The summed E-state index contributed by atoms with van der Waals surface area (Å²) in [6.07, 6.45) is 2.02. The summed E-state index contributed by atoms with van der Waals surface area (Å²) in [5, 5.41) is 0.806. The third kappa shape index (κ3) is 3.01. The van der Waals surface area contributed by atoms with Crippen LogP contribution in [0.15, 0.2) is 69.6 Å². The molecule has 2 aromatic carbocycles. The Morgan fingerprint density at radius 3 is 2.37 bits per heavy atom. The molecule has 1 unspecified atom stereocenters. The topological polar surface area (TPSA) is 48.7 Å². The zero-order valence-electron chi connectivity index (χ0n) is 15.9. The molecule has 4 nitrogen and oxygen atoms in total. The second-order valence-corrected chi connectivity index (χ2v) is 7.76. The van der Waals surface area contributed by atoms with Gasteiger partial charge in [-0.15, -0.1) is 0 Å². The standard InChI is InChI=1S/C23H22O4/c1-23(2,3)19-13-17(14-9-11-15(25-4)12-10-14)20-21(27-19)16-7-5-6-8-18(16)26-22(20)24/h5-13,17H,1-4H3. The normalized spacial score (nSPS) is 16.4. The first-order chi connectivity index (χ1) is 12.9. The number of hydrogen-bond donors (Lipinski definition) is 0. The number of rotatable bonds is 2. The maximum atomic E-state index is 12.8. The van der Waals surface area contributed by atoms with Gasteiger partial charge in [0.15, 0.2) is 0 Å². The van der Waals surface area contributed by atoms with Crippen molar-refractivity contribution >= 4 is 11.0 Å². The van der Waals surface area contributed by atoms with Crippen molar-refractivity contribution < 1.29 is 13.9 Å². The molecule has 0 aliphatic carbocycles. The third-order valence-electron chi connectivity index (χ3n) is 4.85. The molecule has 1 aromatic heterocycles. The molecule has 138 valence electrons. The fourth-order valence-electron chi connectivity index (χ4n) is 3.37. The molecule has 0 fully saturated rings. The van der Waals surface area contributed by atoms with Gasteiger partial charge in [-0.1, -0.05) is 45.0 Å². The average molecular weight is 362 g/mol. The summed E-state index contributed by atoms with van der Waals surface area (Å²) in [4.78, 5) is 12.8. The van der Waals surface area contributed by atoms with E-state index in [1.807, 2.05) is 48.5 Å². The van der Waals surface area contributed by atoms with Gasteiger partial charge in [-0.3, -0.25) is 0 Å². The second-order valence-electron chi connectivity index (χ2n) is 7.76. The lowest BCUT2D eigenvalue weighted by molar-refractivity contribution is 0.281. The lowest BCUT2D eigenvalue weighted by Crippen LogP contribution is -2.25. The Morgan fingerprint density at radius 1 is 1.00 bits per heavy atom. The van der Waals surface area contributed by atoms with E-state index >= 15 is 0 Å². The molecule has 27 heavy (non-hydrogen) atoms. The Balaban J connectivity index is 1.99. The highest BCUT2D eigenvalue weighted by Gasteiger charge is 2.33. The van der Waals surface area contributed by atoms with Crippen LogP contribution in [0.1, 0.15) is 37.8 Å². The van der Waals surface area contributed by atoms with Crippen LogP contribution in [0.3, 0.4) is 0 Å². The molecule has 0 saturated heterocycles. The van der Waals surface area contributed by atoms with Crippen molar-refractivity contribution in [3.8, 4) is 11.5 Å². The molecule has 0 radical (unpaired) electrons. The van der Waals surface area contributed by atoms with E-state index in [0.717, 1.165) is 22.5 Å². The first-order valence-electron chi connectivity index (χ1n) is 8.98. The minimum atomic E-state index is -0.367. The summed E-state index contributed by atoms with van der Waals surface area (Å²) in [6, 6.07) is 15.2. The molecular formula is C23H22O4. The lowest BCUT2D eigenvalue weighted by atomic mass is 9.83. The van der Waals surface area contributed by atoms with E-state index in [2.05, 4.69) is 20.8 Å². The quantitative estimate of drug-likeness (QED) is 0.584. The van der Waals surface area contributed by atoms with Gasteiger partial charge in [-0.2, -0.15) is 0 Å². The smallest absolute Gasteiger partial charge is 0.344 e. The van der Waals surface area contributed by atoms with E-state index in [4.69, 9.17) is 13.9 Å². The Labute approximate surface area is 158 Å². The molecule has 0 spiro atoms. The average Bonchev–Trinajstić information content (AvgIpc) is 2.66. The number of para-hydroxylation sites is 1. The molecule has 4 rings (SSSR count). The van der Waals surface area contributed by atoms with E-state index in [1.54, 1.807) is 13.2 Å². The Hall–Kier alpha value is -3.01. The van der Waals surface area contributed by atoms with Crippen molar-refractivity contribution in [3.05, 3.63) is 81.9 Å². The molecule has 0 bridgehead atoms. The van der Waals surface area contributed by atoms with Crippen molar-refractivity contribution in [1.82, 2.24) is 0 Å². The van der Waals surface area contributed by atoms with E-state index in [9.17, 15) is 4.79 Å². The van der Waals surface area contributed by atoms with Gasteiger partial charge in [-0.05, 0) is 35.9 Å². The van der Waals surface area contributed by atoms with Crippen LogP contribution in [0.4, 0.5) is 0 Å². The van der Waals surface area contributed by atoms with Crippen molar-refractivity contribution in [3.63, 3.8) is 0 Å². The number of hydrogen-bond acceptors (Lipinski definition) is 4. The number of allylic oxidation sites excluding steroid dienone is 2. The van der Waals surface area contributed by atoms with Crippen LogP contribution >= 0.6 is 0 Å². The Morgan fingerprint density at radius 2 is 1.70 bits per heavy atom. The van der Waals surface area contributed by atoms with Gasteiger partial charge in [-0.25, -0.2) is 4.79 Å². The number of methoxy groups -OCH3 is 1. The molecule has 4 heteroatoms. The molecule has 1 atom stereocenters. The number of fused-ring (bicyclic) bond motifs is 3. The predicted molar refractivity (Wildman–Crippen MR) is 105 cm³/mol. The summed E-state index contributed by atoms with van der Waals surface area (Å²) in [7, 11) is 1.64. The van der Waals surface area contributed by atoms with Gasteiger partial charge >= 0.3 is 5.63 Å². The molecule has 0 amide bonds. The SMILES string of the molecule is COc1ccc(C2C=C(C(C)(C)C)Oc3c2c(=O)oc2ccccc32)cc1. The van der Waals surface area contributed by atoms with Crippen LogP contribution in [0, 0.1) is 5.41 Å². The molecule has 0 saturated carbocycles. The summed E-state index contributed by atoms with van der Waals surface area (Å²) in [6.45, 7) is 6.30. The van der Waals surface area contributed by atoms with E-state index < -0.39 is 0 Å². The molecular weight excluding hydrogens is 340 g/mol. The van der Waals surface area contributed by atoms with Crippen LogP contribution < -0.4 is 15.1 Å². The minimum absolute atomic E-state index is 0.195. The van der Waals surface area contributed by atoms with E-state index in [0.29, 0.717) is 16.9 Å². The van der Waals surface area contributed by atoms with E-state index in [-0.39, 0.29) is 17.0 Å². The van der Waals surface area contributed by atoms with Crippen molar-refractivity contribution in [2.75, 3.05) is 7.11 Å². The van der Waals surface area contributed by atoms with Crippen LogP contribution in [-0.2, 0) is 0 Å². The highest BCUT2D eigenvalue weighted by atomic mass is 16.5. The van der Waals surface area contributed by atoms with Crippen LogP contribution in [0.5, 0.6) is 11.5 Å².